The summed E-state index contributed by atoms with van der Waals surface area (Å²) in [5.74, 6) is -0.679. The maximum absolute atomic E-state index is 13.6. The number of amides is 1. The minimum atomic E-state index is -0.355. The molecule has 4 rings (SSSR count). The third kappa shape index (κ3) is 3.99. The second-order valence-corrected chi connectivity index (χ2v) is 7.86. The van der Waals surface area contributed by atoms with Crippen LogP contribution in [0.2, 0.25) is 10.0 Å². The minimum Gasteiger partial charge on any atom is -0.278 e. The van der Waals surface area contributed by atoms with Gasteiger partial charge in [-0.1, -0.05) is 40.6 Å². The first-order valence-corrected chi connectivity index (χ1v) is 9.81. The normalized spacial score (nSPS) is 11.0. The number of carbonyl (C=O) groups is 1. The van der Waals surface area contributed by atoms with E-state index in [-0.39, 0.29) is 18.3 Å². The van der Waals surface area contributed by atoms with Crippen LogP contribution in [0.5, 0.6) is 0 Å². The van der Waals surface area contributed by atoms with Crippen LogP contribution in [0.1, 0.15) is 16.1 Å². The summed E-state index contributed by atoms with van der Waals surface area (Å²) in [5.41, 5.74) is 1.64. The molecule has 0 unspecified atom stereocenters. The van der Waals surface area contributed by atoms with Crippen LogP contribution in [0.4, 0.5) is 9.52 Å². The Morgan fingerprint density at radius 3 is 2.57 bits per heavy atom. The van der Waals surface area contributed by atoms with E-state index in [1.165, 1.54) is 28.4 Å². The second-order valence-electron chi connectivity index (χ2n) is 5.98. The van der Waals surface area contributed by atoms with Gasteiger partial charge in [0.25, 0.3) is 5.91 Å². The average molecular weight is 432 g/mol. The summed E-state index contributed by atoms with van der Waals surface area (Å²) in [5, 5.41) is 1.16. The summed E-state index contributed by atoms with van der Waals surface area (Å²) in [6.45, 7) is 0.201. The Kier molecular flexibility index (Phi) is 5.26. The molecule has 140 valence electrons. The Labute approximate surface area is 174 Å². The summed E-state index contributed by atoms with van der Waals surface area (Å²) in [7, 11) is 0. The van der Waals surface area contributed by atoms with Crippen LogP contribution < -0.4 is 4.90 Å². The predicted molar refractivity (Wildman–Crippen MR) is 111 cm³/mol. The zero-order valence-corrected chi connectivity index (χ0v) is 16.6. The molecular weight excluding hydrogens is 420 g/mol. The van der Waals surface area contributed by atoms with Gasteiger partial charge in [-0.05, 0) is 48.5 Å². The van der Waals surface area contributed by atoms with E-state index in [0.29, 0.717) is 36.7 Å². The molecule has 1 amide bonds. The van der Waals surface area contributed by atoms with Crippen molar-refractivity contribution in [1.82, 2.24) is 9.97 Å². The van der Waals surface area contributed by atoms with Crippen LogP contribution in [0.15, 0.2) is 60.8 Å². The number of hydrogen-bond acceptors (Lipinski definition) is 4. The monoisotopic (exact) mass is 431 g/mol. The smallest absolute Gasteiger partial charge is 0.260 e. The van der Waals surface area contributed by atoms with E-state index in [1.54, 1.807) is 36.5 Å². The molecule has 2 aromatic heterocycles. The van der Waals surface area contributed by atoms with Crippen molar-refractivity contribution in [2.24, 2.45) is 0 Å². The first-order valence-electron chi connectivity index (χ1n) is 8.23. The highest BCUT2D eigenvalue weighted by molar-refractivity contribution is 7.22. The SMILES string of the molecule is O=C(c1cc(Cl)cc(Cl)c1)N(Cc1ccccn1)c1nc2ccc(F)cc2s1. The number of halogens is 3. The molecule has 0 spiro atoms. The zero-order chi connectivity index (χ0) is 19.7. The van der Waals surface area contributed by atoms with E-state index in [0.717, 1.165) is 0 Å². The highest BCUT2D eigenvalue weighted by atomic mass is 35.5. The number of nitrogens with zero attached hydrogens (tertiary/aromatic N) is 3. The molecule has 0 radical (unpaired) electrons. The van der Waals surface area contributed by atoms with Crippen molar-refractivity contribution < 1.29 is 9.18 Å². The van der Waals surface area contributed by atoms with E-state index >= 15 is 0 Å². The molecule has 0 saturated carbocycles. The maximum Gasteiger partial charge on any atom is 0.260 e. The van der Waals surface area contributed by atoms with Gasteiger partial charge in [-0.25, -0.2) is 9.37 Å². The second kappa shape index (κ2) is 7.83. The summed E-state index contributed by atoms with van der Waals surface area (Å²) < 4.78 is 14.2. The molecule has 0 bridgehead atoms. The Morgan fingerprint density at radius 1 is 1.07 bits per heavy atom. The lowest BCUT2D eigenvalue weighted by Gasteiger charge is -2.20. The van der Waals surface area contributed by atoms with Crippen molar-refractivity contribution in [2.45, 2.75) is 6.54 Å². The number of anilines is 1. The molecule has 0 fully saturated rings. The van der Waals surface area contributed by atoms with Crippen LogP contribution in [-0.2, 0) is 6.54 Å². The number of thiazole rings is 1. The first-order chi connectivity index (χ1) is 13.5. The van der Waals surface area contributed by atoms with Crippen molar-refractivity contribution in [3.05, 3.63) is 87.9 Å². The highest BCUT2D eigenvalue weighted by Crippen LogP contribution is 2.32. The van der Waals surface area contributed by atoms with Gasteiger partial charge in [0.15, 0.2) is 5.13 Å². The number of rotatable bonds is 4. The Morgan fingerprint density at radius 2 is 1.86 bits per heavy atom. The van der Waals surface area contributed by atoms with Crippen LogP contribution in [0.25, 0.3) is 10.2 Å². The molecule has 0 aliphatic rings. The molecule has 4 nitrogen and oxygen atoms in total. The van der Waals surface area contributed by atoms with Crippen LogP contribution in [0, 0.1) is 5.82 Å². The standard InChI is InChI=1S/C20H12Cl2FN3OS/c21-13-7-12(8-14(22)9-13)19(27)26(11-16-3-1-2-6-24-16)20-25-17-5-4-15(23)10-18(17)28-20/h1-10H,11H2. The average Bonchev–Trinajstić information content (AvgIpc) is 3.08. The summed E-state index contributed by atoms with van der Waals surface area (Å²) in [6.07, 6.45) is 1.65. The number of carbonyl (C=O) groups excluding carboxylic acids is 1. The summed E-state index contributed by atoms with van der Waals surface area (Å²) in [4.78, 5) is 23.6. The number of aromatic nitrogens is 2. The number of fused-ring (bicyclic) bond motifs is 1. The molecule has 0 N–H and O–H groups in total. The van der Waals surface area contributed by atoms with Crippen molar-refractivity contribution >= 4 is 55.8 Å². The Bertz CT molecular complexity index is 1150. The van der Waals surface area contributed by atoms with Crippen molar-refractivity contribution in [2.75, 3.05) is 4.90 Å². The van der Waals surface area contributed by atoms with E-state index in [1.807, 2.05) is 12.1 Å². The predicted octanol–water partition coefficient (Wildman–Crippen LogP) is 5.98. The zero-order valence-electron chi connectivity index (χ0n) is 14.3. The van der Waals surface area contributed by atoms with E-state index < -0.39 is 0 Å². The summed E-state index contributed by atoms with van der Waals surface area (Å²) >= 11 is 13.4. The largest absolute Gasteiger partial charge is 0.278 e. The van der Waals surface area contributed by atoms with Gasteiger partial charge in [-0.15, -0.1) is 0 Å². The molecule has 8 heteroatoms. The number of benzene rings is 2. The molecule has 28 heavy (non-hydrogen) atoms. The van der Waals surface area contributed by atoms with Gasteiger partial charge in [0, 0.05) is 21.8 Å². The third-order valence-corrected chi connectivity index (χ3v) is 5.45. The first kappa shape index (κ1) is 18.8. The highest BCUT2D eigenvalue weighted by Gasteiger charge is 2.23. The van der Waals surface area contributed by atoms with Gasteiger partial charge < -0.3 is 0 Å². The minimum absolute atomic E-state index is 0.201. The third-order valence-electron chi connectivity index (χ3n) is 3.97. The molecule has 2 aromatic carbocycles. The van der Waals surface area contributed by atoms with Crippen molar-refractivity contribution in [3.63, 3.8) is 0 Å². The fourth-order valence-corrected chi connectivity index (χ4v) is 4.23. The number of pyridine rings is 1. The lowest BCUT2D eigenvalue weighted by atomic mass is 10.2. The van der Waals surface area contributed by atoms with Crippen LogP contribution >= 0.6 is 34.5 Å². The lowest BCUT2D eigenvalue weighted by Crippen LogP contribution is -2.30. The van der Waals surface area contributed by atoms with E-state index in [2.05, 4.69) is 9.97 Å². The van der Waals surface area contributed by atoms with E-state index in [9.17, 15) is 9.18 Å². The van der Waals surface area contributed by atoms with Gasteiger partial charge >= 0.3 is 0 Å². The van der Waals surface area contributed by atoms with E-state index in [4.69, 9.17) is 23.2 Å². The topological polar surface area (TPSA) is 46.1 Å². The Hall–Kier alpha value is -2.54. The molecular formula is C20H12Cl2FN3OS. The van der Waals surface area contributed by atoms with Crippen LogP contribution in [0.3, 0.4) is 0 Å². The van der Waals surface area contributed by atoms with Gasteiger partial charge in [-0.2, -0.15) is 0 Å². The fraction of sp³-hybridized carbons (Fsp3) is 0.0500. The quantitative estimate of drug-likeness (QED) is 0.398. The van der Waals surface area contributed by atoms with Gasteiger partial charge in [0.1, 0.15) is 5.82 Å². The van der Waals surface area contributed by atoms with Gasteiger partial charge in [0.05, 0.1) is 22.5 Å². The maximum atomic E-state index is 13.6. The van der Waals surface area contributed by atoms with Crippen LogP contribution in [-0.4, -0.2) is 15.9 Å². The lowest BCUT2D eigenvalue weighted by molar-refractivity contribution is 0.0985. The van der Waals surface area contributed by atoms with Crippen molar-refractivity contribution in [3.8, 4) is 0 Å². The molecule has 0 aliphatic carbocycles. The molecule has 0 atom stereocenters. The van der Waals surface area contributed by atoms with Crippen molar-refractivity contribution in [1.29, 1.82) is 0 Å². The molecule has 0 saturated heterocycles. The molecule has 4 aromatic rings. The molecule has 2 heterocycles. The summed E-state index contributed by atoms with van der Waals surface area (Å²) in [6, 6.07) is 14.4. The molecule has 0 aliphatic heterocycles. The number of hydrogen-bond donors (Lipinski definition) is 0. The van der Waals surface area contributed by atoms with Gasteiger partial charge in [0.2, 0.25) is 0 Å². The fourth-order valence-electron chi connectivity index (χ4n) is 2.71. The van der Waals surface area contributed by atoms with Gasteiger partial charge in [-0.3, -0.25) is 14.7 Å². The Balaban J connectivity index is 1.79.